The quantitative estimate of drug-likeness (QED) is 0.696. The van der Waals surface area contributed by atoms with Gasteiger partial charge in [0.2, 0.25) is 0 Å². The van der Waals surface area contributed by atoms with Crippen LogP contribution < -0.4 is 0 Å². The maximum Gasteiger partial charge on any atom is 0.311 e. The van der Waals surface area contributed by atoms with Gasteiger partial charge in [0.05, 0.1) is 25.8 Å². The molecular weight excluding hydrogens is 335 g/mol. The third-order valence-corrected chi connectivity index (χ3v) is 4.42. The van der Waals surface area contributed by atoms with Crippen LogP contribution in [0.4, 0.5) is 0 Å². The Morgan fingerprint density at radius 2 is 2.04 bits per heavy atom. The Morgan fingerprint density at radius 3 is 2.70 bits per heavy atom. The van der Waals surface area contributed by atoms with Crippen molar-refractivity contribution in [3.05, 3.63) is 51.5 Å². The smallest absolute Gasteiger partial charge is 0.311 e. The summed E-state index contributed by atoms with van der Waals surface area (Å²) >= 11 is 12.7. The van der Waals surface area contributed by atoms with Crippen LogP contribution in [0.25, 0.3) is 0 Å². The van der Waals surface area contributed by atoms with Gasteiger partial charge in [-0.05, 0) is 18.1 Å². The maximum atomic E-state index is 11.5. The number of methoxy groups -OCH3 is 1. The zero-order valence-electron chi connectivity index (χ0n) is 13.3. The molecule has 0 aliphatic heterocycles. The van der Waals surface area contributed by atoms with E-state index in [9.17, 15) is 4.79 Å². The third-order valence-electron chi connectivity index (χ3n) is 3.63. The third kappa shape index (κ3) is 4.49. The molecule has 0 bridgehead atoms. The van der Waals surface area contributed by atoms with Crippen molar-refractivity contribution in [3.8, 4) is 0 Å². The predicted octanol–water partition coefficient (Wildman–Crippen LogP) is 4.30. The Bertz CT molecular complexity index is 683. The molecule has 1 aromatic carbocycles. The molecule has 4 nitrogen and oxygen atoms in total. The number of hydrogen-bond acceptors (Lipinski definition) is 3. The Hall–Kier alpha value is -1.52. The van der Waals surface area contributed by atoms with Crippen LogP contribution in [0, 0.1) is 0 Å². The number of rotatable bonds is 7. The van der Waals surface area contributed by atoms with Crippen LogP contribution in [-0.2, 0) is 28.9 Å². The van der Waals surface area contributed by atoms with E-state index >= 15 is 0 Å². The molecule has 0 fully saturated rings. The highest BCUT2D eigenvalue weighted by molar-refractivity contribution is 6.31. The second-order valence-electron chi connectivity index (χ2n) is 5.30. The summed E-state index contributed by atoms with van der Waals surface area (Å²) in [6.07, 6.45) is 2.95. The minimum Gasteiger partial charge on any atom is -0.469 e. The minimum absolute atomic E-state index is 0.0734. The largest absolute Gasteiger partial charge is 0.469 e. The number of aromatic nitrogens is 2. The van der Waals surface area contributed by atoms with Gasteiger partial charge in [-0.2, -0.15) is 0 Å². The molecule has 124 valence electrons. The molecule has 23 heavy (non-hydrogen) atoms. The Balaban J connectivity index is 2.34. The summed E-state index contributed by atoms with van der Waals surface area (Å²) in [4.78, 5) is 16.1. The lowest BCUT2D eigenvalue weighted by molar-refractivity contribution is -0.139. The van der Waals surface area contributed by atoms with Crippen molar-refractivity contribution >= 4 is 29.2 Å². The standard InChI is InChI=1S/C17H20Cl2N2O2/c1-3-4-9-15-20-14(10-16(22)23-2)17(19)21(15)11-12-7-5-6-8-13(12)18/h5-8H,3-4,9-11H2,1-2H3. The molecule has 1 heterocycles. The molecule has 0 amide bonds. The average Bonchev–Trinajstić information content (AvgIpc) is 2.83. The molecule has 2 aromatic rings. The van der Waals surface area contributed by atoms with Gasteiger partial charge < -0.3 is 9.30 Å². The summed E-state index contributed by atoms with van der Waals surface area (Å²) in [5.41, 5.74) is 1.52. The van der Waals surface area contributed by atoms with Crippen molar-refractivity contribution in [2.24, 2.45) is 0 Å². The highest BCUT2D eigenvalue weighted by Crippen LogP contribution is 2.24. The van der Waals surface area contributed by atoms with Crippen LogP contribution in [-0.4, -0.2) is 22.6 Å². The first-order valence-corrected chi connectivity index (χ1v) is 8.36. The number of carbonyl (C=O) groups excluding carboxylic acids is 1. The number of esters is 1. The van der Waals surface area contributed by atoms with Crippen LogP contribution in [0.5, 0.6) is 0 Å². The van der Waals surface area contributed by atoms with E-state index < -0.39 is 0 Å². The van der Waals surface area contributed by atoms with Gasteiger partial charge in [0.15, 0.2) is 0 Å². The first kappa shape index (κ1) is 17.8. The number of ether oxygens (including phenoxy) is 1. The highest BCUT2D eigenvalue weighted by atomic mass is 35.5. The van der Waals surface area contributed by atoms with Gasteiger partial charge in [0.1, 0.15) is 11.0 Å². The molecule has 0 spiro atoms. The van der Waals surface area contributed by atoms with Crippen molar-refractivity contribution in [1.29, 1.82) is 0 Å². The van der Waals surface area contributed by atoms with E-state index in [0.29, 0.717) is 22.4 Å². The number of imidazole rings is 1. The van der Waals surface area contributed by atoms with Gasteiger partial charge >= 0.3 is 5.97 Å². The number of aryl methyl sites for hydroxylation is 1. The van der Waals surface area contributed by atoms with Gasteiger partial charge in [0, 0.05) is 11.4 Å². The molecule has 0 N–H and O–H groups in total. The van der Waals surface area contributed by atoms with Crippen molar-refractivity contribution in [1.82, 2.24) is 9.55 Å². The molecule has 0 aliphatic rings. The fourth-order valence-electron chi connectivity index (χ4n) is 2.34. The van der Waals surface area contributed by atoms with Gasteiger partial charge in [-0.1, -0.05) is 54.7 Å². The Kier molecular flexibility index (Phi) is 6.48. The zero-order valence-corrected chi connectivity index (χ0v) is 14.8. The summed E-state index contributed by atoms with van der Waals surface area (Å²) in [7, 11) is 1.36. The average molecular weight is 355 g/mol. The monoisotopic (exact) mass is 354 g/mol. The summed E-state index contributed by atoms with van der Waals surface area (Å²) < 4.78 is 6.64. The lowest BCUT2D eigenvalue weighted by Gasteiger charge is -2.10. The van der Waals surface area contributed by atoms with E-state index in [0.717, 1.165) is 30.7 Å². The fraction of sp³-hybridized carbons (Fsp3) is 0.412. The van der Waals surface area contributed by atoms with Gasteiger partial charge in [-0.15, -0.1) is 0 Å². The lowest BCUT2D eigenvalue weighted by atomic mass is 10.2. The number of hydrogen-bond donors (Lipinski definition) is 0. The molecule has 0 unspecified atom stereocenters. The van der Waals surface area contributed by atoms with E-state index in [1.165, 1.54) is 7.11 Å². The number of unbranched alkanes of at least 4 members (excludes halogenated alkanes) is 1. The van der Waals surface area contributed by atoms with Crippen molar-refractivity contribution < 1.29 is 9.53 Å². The number of carbonyl (C=O) groups is 1. The molecule has 6 heteroatoms. The first-order valence-electron chi connectivity index (χ1n) is 7.60. The molecule has 0 radical (unpaired) electrons. The second kappa shape index (κ2) is 8.37. The van der Waals surface area contributed by atoms with Crippen LogP contribution in [0.2, 0.25) is 10.2 Å². The Labute approximate surface area is 146 Å². The summed E-state index contributed by atoms with van der Waals surface area (Å²) in [5.74, 6) is 0.520. The van der Waals surface area contributed by atoms with E-state index in [4.69, 9.17) is 27.9 Å². The second-order valence-corrected chi connectivity index (χ2v) is 6.06. The maximum absolute atomic E-state index is 11.5. The highest BCUT2D eigenvalue weighted by Gasteiger charge is 2.18. The predicted molar refractivity (Wildman–Crippen MR) is 92.1 cm³/mol. The van der Waals surface area contributed by atoms with E-state index in [-0.39, 0.29) is 12.4 Å². The van der Waals surface area contributed by atoms with E-state index in [2.05, 4.69) is 11.9 Å². The molecule has 0 saturated carbocycles. The minimum atomic E-state index is -0.351. The van der Waals surface area contributed by atoms with Crippen molar-refractivity contribution in [2.75, 3.05) is 7.11 Å². The molecule has 0 atom stereocenters. The van der Waals surface area contributed by atoms with Crippen molar-refractivity contribution in [2.45, 2.75) is 39.2 Å². The number of halogens is 2. The topological polar surface area (TPSA) is 44.1 Å². The number of benzene rings is 1. The SMILES string of the molecule is CCCCc1nc(CC(=O)OC)c(Cl)n1Cc1ccccc1Cl. The lowest BCUT2D eigenvalue weighted by Crippen LogP contribution is -2.06. The van der Waals surface area contributed by atoms with Crippen molar-refractivity contribution in [3.63, 3.8) is 0 Å². The first-order chi connectivity index (χ1) is 11.1. The van der Waals surface area contributed by atoms with Gasteiger partial charge in [0.25, 0.3) is 0 Å². The van der Waals surface area contributed by atoms with Crippen LogP contribution in [0.15, 0.2) is 24.3 Å². The van der Waals surface area contributed by atoms with Crippen LogP contribution in [0.3, 0.4) is 0 Å². The molecule has 2 rings (SSSR count). The molecule has 1 aromatic heterocycles. The van der Waals surface area contributed by atoms with E-state index in [1.807, 2.05) is 28.8 Å². The Morgan fingerprint density at radius 1 is 1.30 bits per heavy atom. The van der Waals surface area contributed by atoms with Gasteiger partial charge in [-0.3, -0.25) is 4.79 Å². The normalized spacial score (nSPS) is 10.8. The molecule has 0 saturated heterocycles. The molecule has 0 aliphatic carbocycles. The number of nitrogens with zero attached hydrogens (tertiary/aromatic N) is 2. The fourth-order valence-corrected chi connectivity index (χ4v) is 2.80. The van der Waals surface area contributed by atoms with Crippen LogP contribution >= 0.6 is 23.2 Å². The van der Waals surface area contributed by atoms with Gasteiger partial charge in [-0.25, -0.2) is 4.98 Å². The summed E-state index contributed by atoms with van der Waals surface area (Å²) in [6.45, 7) is 2.66. The summed E-state index contributed by atoms with van der Waals surface area (Å²) in [6, 6.07) is 7.64. The zero-order chi connectivity index (χ0) is 16.8. The van der Waals surface area contributed by atoms with E-state index in [1.54, 1.807) is 0 Å². The molecular formula is C17H20Cl2N2O2. The van der Waals surface area contributed by atoms with Crippen LogP contribution in [0.1, 0.15) is 36.8 Å². The summed E-state index contributed by atoms with van der Waals surface area (Å²) in [5, 5.41) is 1.16.